The van der Waals surface area contributed by atoms with E-state index in [0.717, 1.165) is 0 Å². The summed E-state index contributed by atoms with van der Waals surface area (Å²) in [5.74, 6) is 0.816. The number of carbonyl (C=O) groups is 1. The van der Waals surface area contributed by atoms with E-state index in [1.807, 2.05) is 0 Å². The zero-order valence-electron chi connectivity index (χ0n) is 7.92. The molecule has 2 rings (SSSR count). The Labute approximate surface area is 79.0 Å². The van der Waals surface area contributed by atoms with Gasteiger partial charge in [0.25, 0.3) is 0 Å². The molecule has 1 aliphatic heterocycles. The number of carbonyl (C=O) groups excluding carboxylic acids is 1. The summed E-state index contributed by atoms with van der Waals surface area (Å²) in [5, 5.41) is 0. The number of ether oxygens (including phenoxy) is 1. The number of esters is 1. The zero-order chi connectivity index (χ0) is 9.26. The average molecular weight is 180 g/mol. The number of hydrogen-bond donors (Lipinski definition) is 0. The van der Waals surface area contributed by atoms with Gasteiger partial charge in [-0.25, -0.2) is 4.79 Å². The Morgan fingerprint density at radius 2 is 1.92 bits per heavy atom. The van der Waals surface area contributed by atoms with E-state index in [9.17, 15) is 4.79 Å². The average Bonchev–Trinajstić information content (AvgIpc) is 2.49. The number of cyclic esters (lactones) is 1. The highest BCUT2D eigenvalue weighted by molar-refractivity contribution is 5.90. The van der Waals surface area contributed by atoms with Crippen LogP contribution in [0.3, 0.4) is 0 Å². The van der Waals surface area contributed by atoms with Crippen LogP contribution in [0, 0.1) is 11.8 Å². The molecule has 1 atom stereocenters. The molecule has 0 N–H and O–H groups in total. The van der Waals surface area contributed by atoms with E-state index < -0.39 is 0 Å². The van der Waals surface area contributed by atoms with Crippen LogP contribution in [0.15, 0.2) is 12.2 Å². The highest BCUT2D eigenvalue weighted by Crippen LogP contribution is 2.36. The molecule has 0 bridgehead atoms. The Morgan fingerprint density at radius 1 is 1.23 bits per heavy atom. The van der Waals surface area contributed by atoms with Crippen LogP contribution in [-0.2, 0) is 9.53 Å². The van der Waals surface area contributed by atoms with Gasteiger partial charge in [-0.2, -0.15) is 0 Å². The Kier molecular flexibility index (Phi) is 2.38. The molecule has 1 heterocycles. The molecule has 0 aromatic rings. The van der Waals surface area contributed by atoms with E-state index in [2.05, 4.69) is 6.58 Å². The van der Waals surface area contributed by atoms with E-state index in [4.69, 9.17) is 4.74 Å². The first-order valence-corrected chi connectivity index (χ1v) is 5.15. The Morgan fingerprint density at radius 3 is 2.46 bits per heavy atom. The van der Waals surface area contributed by atoms with Crippen molar-refractivity contribution in [2.75, 3.05) is 6.61 Å². The van der Waals surface area contributed by atoms with Gasteiger partial charge in [0.15, 0.2) is 0 Å². The summed E-state index contributed by atoms with van der Waals surface area (Å²) in [4.78, 5) is 11.1. The molecule has 2 fully saturated rings. The molecule has 2 heteroatoms. The lowest BCUT2D eigenvalue weighted by Crippen LogP contribution is -2.19. The van der Waals surface area contributed by atoms with Gasteiger partial charge in [0.2, 0.25) is 0 Å². The fourth-order valence-electron chi connectivity index (χ4n) is 2.47. The smallest absolute Gasteiger partial charge is 0.333 e. The molecule has 1 aliphatic carbocycles. The lowest BCUT2D eigenvalue weighted by Gasteiger charge is -2.25. The third-order valence-corrected chi connectivity index (χ3v) is 3.32. The van der Waals surface area contributed by atoms with Crippen LogP contribution >= 0.6 is 0 Å². The molecule has 1 unspecified atom stereocenters. The Bertz CT molecular complexity index is 226. The topological polar surface area (TPSA) is 26.3 Å². The van der Waals surface area contributed by atoms with Gasteiger partial charge in [0.1, 0.15) is 0 Å². The third-order valence-electron chi connectivity index (χ3n) is 3.32. The van der Waals surface area contributed by atoms with Crippen molar-refractivity contribution in [1.82, 2.24) is 0 Å². The van der Waals surface area contributed by atoms with E-state index >= 15 is 0 Å². The molecule has 72 valence electrons. The fraction of sp³-hybridized carbons (Fsp3) is 0.727. The zero-order valence-corrected chi connectivity index (χ0v) is 7.92. The summed E-state index contributed by atoms with van der Waals surface area (Å²) in [6.07, 6.45) is 6.47. The minimum atomic E-state index is -0.171. The molecule has 0 aromatic heterocycles. The summed E-state index contributed by atoms with van der Waals surface area (Å²) in [5.41, 5.74) is 0.715. The highest BCUT2D eigenvalue weighted by atomic mass is 16.5. The fourth-order valence-corrected chi connectivity index (χ4v) is 2.47. The summed E-state index contributed by atoms with van der Waals surface area (Å²) >= 11 is 0. The van der Waals surface area contributed by atoms with Gasteiger partial charge in [0.05, 0.1) is 6.61 Å². The third kappa shape index (κ3) is 1.62. The quantitative estimate of drug-likeness (QED) is 0.457. The first-order valence-electron chi connectivity index (χ1n) is 5.15. The van der Waals surface area contributed by atoms with Crippen LogP contribution in [0.5, 0.6) is 0 Å². The lowest BCUT2D eigenvalue weighted by molar-refractivity contribution is -0.135. The minimum absolute atomic E-state index is 0.171. The van der Waals surface area contributed by atoms with E-state index in [-0.39, 0.29) is 5.97 Å². The Balaban J connectivity index is 2.00. The largest absolute Gasteiger partial charge is 0.462 e. The van der Waals surface area contributed by atoms with Crippen molar-refractivity contribution in [2.45, 2.75) is 32.1 Å². The van der Waals surface area contributed by atoms with Gasteiger partial charge < -0.3 is 4.74 Å². The second kappa shape index (κ2) is 3.52. The van der Waals surface area contributed by atoms with E-state index in [1.54, 1.807) is 0 Å². The van der Waals surface area contributed by atoms with Crippen molar-refractivity contribution in [3.8, 4) is 0 Å². The lowest BCUT2D eigenvalue weighted by atomic mass is 9.78. The monoisotopic (exact) mass is 180 g/mol. The first kappa shape index (κ1) is 8.79. The molecule has 1 saturated carbocycles. The van der Waals surface area contributed by atoms with Crippen LogP contribution in [0.25, 0.3) is 0 Å². The SMILES string of the molecule is C=C1C(=O)OCC1C1CCCCC1. The first-order chi connectivity index (χ1) is 6.29. The standard InChI is InChI=1S/C11H16O2/c1-8-10(7-13-11(8)12)9-5-3-2-4-6-9/h9-10H,1-7H2. The molecule has 13 heavy (non-hydrogen) atoms. The van der Waals surface area contributed by atoms with Crippen LogP contribution in [-0.4, -0.2) is 12.6 Å². The maximum Gasteiger partial charge on any atom is 0.333 e. The second-order valence-corrected chi connectivity index (χ2v) is 4.13. The van der Waals surface area contributed by atoms with Crippen LogP contribution < -0.4 is 0 Å². The number of rotatable bonds is 1. The van der Waals surface area contributed by atoms with Crippen molar-refractivity contribution in [1.29, 1.82) is 0 Å². The van der Waals surface area contributed by atoms with Crippen LogP contribution in [0.4, 0.5) is 0 Å². The van der Waals surface area contributed by atoms with Gasteiger partial charge in [-0.3, -0.25) is 0 Å². The van der Waals surface area contributed by atoms with E-state index in [1.165, 1.54) is 32.1 Å². The normalized spacial score (nSPS) is 30.6. The number of hydrogen-bond acceptors (Lipinski definition) is 2. The van der Waals surface area contributed by atoms with Gasteiger partial charge >= 0.3 is 5.97 Å². The molecule has 0 spiro atoms. The van der Waals surface area contributed by atoms with Crippen LogP contribution in [0.1, 0.15) is 32.1 Å². The molecule has 0 aromatic carbocycles. The van der Waals surface area contributed by atoms with E-state index in [0.29, 0.717) is 24.0 Å². The minimum Gasteiger partial charge on any atom is -0.462 e. The predicted octanol–water partition coefficient (Wildman–Crippen LogP) is 2.30. The van der Waals surface area contributed by atoms with Gasteiger partial charge in [-0.1, -0.05) is 25.8 Å². The van der Waals surface area contributed by atoms with Crippen molar-refractivity contribution >= 4 is 5.97 Å². The highest BCUT2D eigenvalue weighted by Gasteiger charge is 2.35. The summed E-state index contributed by atoms with van der Waals surface area (Å²) in [6, 6.07) is 0. The predicted molar refractivity (Wildman–Crippen MR) is 50.2 cm³/mol. The van der Waals surface area contributed by atoms with Gasteiger partial charge in [-0.15, -0.1) is 0 Å². The van der Waals surface area contributed by atoms with Crippen molar-refractivity contribution in [3.05, 3.63) is 12.2 Å². The van der Waals surface area contributed by atoms with Crippen molar-refractivity contribution < 1.29 is 9.53 Å². The molecule has 0 radical (unpaired) electrons. The molecule has 2 aliphatic rings. The van der Waals surface area contributed by atoms with Gasteiger partial charge in [-0.05, 0) is 18.8 Å². The maximum atomic E-state index is 11.1. The maximum absolute atomic E-state index is 11.1. The van der Waals surface area contributed by atoms with Crippen molar-refractivity contribution in [2.24, 2.45) is 11.8 Å². The molecule has 1 saturated heterocycles. The molecular weight excluding hydrogens is 164 g/mol. The summed E-state index contributed by atoms with van der Waals surface area (Å²) in [6.45, 7) is 4.40. The molecular formula is C11H16O2. The second-order valence-electron chi connectivity index (χ2n) is 4.13. The van der Waals surface area contributed by atoms with Gasteiger partial charge in [0, 0.05) is 11.5 Å². The summed E-state index contributed by atoms with van der Waals surface area (Å²) in [7, 11) is 0. The summed E-state index contributed by atoms with van der Waals surface area (Å²) < 4.78 is 4.99. The van der Waals surface area contributed by atoms with Crippen molar-refractivity contribution in [3.63, 3.8) is 0 Å². The Hall–Kier alpha value is -0.790. The van der Waals surface area contributed by atoms with Crippen LogP contribution in [0.2, 0.25) is 0 Å². The molecule has 2 nitrogen and oxygen atoms in total. The molecule has 0 amide bonds.